The van der Waals surface area contributed by atoms with Crippen molar-refractivity contribution in [3.05, 3.63) is 58.7 Å². The molecule has 1 aliphatic heterocycles. The van der Waals surface area contributed by atoms with E-state index in [1.54, 1.807) is 7.11 Å². The number of methoxy groups -OCH3 is 1. The van der Waals surface area contributed by atoms with Crippen molar-refractivity contribution in [1.82, 2.24) is 0 Å². The number of para-hydroxylation sites is 1. The molecule has 0 saturated heterocycles. The van der Waals surface area contributed by atoms with E-state index in [4.69, 9.17) is 9.47 Å². The molecule has 3 heteroatoms. The minimum absolute atomic E-state index is 0.228. The van der Waals surface area contributed by atoms with E-state index in [0.29, 0.717) is 0 Å². The molecule has 21 heavy (non-hydrogen) atoms. The number of ether oxygens (including phenoxy) is 2. The predicted molar refractivity (Wildman–Crippen MR) is 82.0 cm³/mol. The van der Waals surface area contributed by atoms with Gasteiger partial charge < -0.3 is 14.6 Å². The van der Waals surface area contributed by atoms with Gasteiger partial charge in [0.15, 0.2) is 0 Å². The van der Waals surface area contributed by atoms with Crippen molar-refractivity contribution in [2.75, 3.05) is 7.11 Å². The third kappa shape index (κ3) is 2.49. The standard InChI is InChI=1S/C18H20O3/c1-11-9-16(20-3)12(2)8-14(11)18(19)17-10-13-6-4-5-7-15(13)21-17/h4-9,17-19H,10H2,1-3H3. The van der Waals surface area contributed by atoms with Crippen LogP contribution in [0.3, 0.4) is 0 Å². The molecule has 0 spiro atoms. The number of hydrogen-bond acceptors (Lipinski definition) is 3. The molecular weight excluding hydrogens is 264 g/mol. The highest BCUT2D eigenvalue weighted by Gasteiger charge is 2.31. The maximum Gasteiger partial charge on any atom is 0.133 e. The molecule has 0 radical (unpaired) electrons. The fourth-order valence-electron chi connectivity index (χ4n) is 2.94. The summed E-state index contributed by atoms with van der Waals surface area (Å²) in [7, 11) is 1.66. The van der Waals surface area contributed by atoms with Crippen LogP contribution >= 0.6 is 0 Å². The largest absolute Gasteiger partial charge is 0.496 e. The Labute approximate surface area is 125 Å². The summed E-state index contributed by atoms with van der Waals surface area (Å²) >= 11 is 0. The van der Waals surface area contributed by atoms with Crippen molar-refractivity contribution in [2.45, 2.75) is 32.5 Å². The van der Waals surface area contributed by atoms with E-state index in [2.05, 4.69) is 0 Å². The average Bonchev–Trinajstić information content (AvgIpc) is 2.92. The highest BCUT2D eigenvalue weighted by Crippen LogP contribution is 2.36. The number of aliphatic hydroxyl groups is 1. The minimum Gasteiger partial charge on any atom is -0.496 e. The van der Waals surface area contributed by atoms with Crippen molar-refractivity contribution in [3.63, 3.8) is 0 Å². The molecule has 2 atom stereocenters. The molecule has 0 amide bonds. The molecule has 3 rings (SSSR count). The smallest absolute Gasteiger partial charge is 0.133 e. The van der Waals surface area contributed by atoms with Crippen LogP contribution < -0.4 is 9.47 Å². The molecule has 1 aliphatic rings. The first-order chi connectivity index (χ1) is 10.1. The number of rotatable bonds is 3. The van der Waals surface area contributed by atoms with E-state index >= 15 is 0 Å². The molecule has 3 nitrogen and oxygen atoms in total. The van der Waals surface area contributed by atoms with Crippen molar-refractivity contribution in [1.29, 1.82) is 0 Å². The van der Waals surface area contributed by atoms with Crippen molar-refractivity contribution < 1.29 is 14.6 Å². The summed E-state index contributed by atoms with van der Waals surface area (Å²) in [6.07, 6.45) is -0.127. The molecule has 0 saturated carbocycles. The first-order valence-electron chi connectivity index (χ1n) is 7.18. The van der Waals surface area contributed by atoms with Gasteiger partial charge in [0.1, 0.15) is 23.7 Å². The maximum absolute atomic E-state index is 10.7. The Morgan fingerprint density at radius 3 is 2.67 bits per heavy atom. The Bertz CT molecular complexity index is 639. The van der Waals surface area contributed by atoms with E-state index in [1.165, 1.54) is 0 Å². The molecule has 2 aromatic rings. The number of hydrogen-bond donors (Lipinski definition) is 1. The second-order valence-corrected chi connectivity index (χ2v) is 5.59. The summed E-state index contributed by atoms with van der Waals surface area (Å²) in [6, 6.07) is 11.9. The molecular formula is C18H20O3. The Balaban J connectivity index is 1.87. The van der Waals surface area contributed by atoms with Gasteiger partial charge in [-0.2, -0.15) is 0 Å². The molecule has 1 heterocycles. The second-order valence-electron chi connectivity index (χ2n) is 5.59. The summed E-state index contributed by atoms with van der Waals surface area (Å²) < 4.78 is 11.2. The van der Waals surface area contributed by atoms with E-state index in [9.17, 15) is 5.11 Å². The maximum atomic E-state index is 10.7. The highest BCUT2D eigenvalue weighted by atomic mass is 16.5. The van der Waals surface area contributed by atoms with Crippen LogP contribution in [0, 0.1) is 13.8 Å². The molecule has 1 N–H and O–H groups in total. The first kappa shape index (κ1) is 14.0. The van der Waals surface area contributed by atoms with Gasteiger partial charge in [0.2, 0.25) is 0 Å². The topological polar surface area (TPSA) is 38.7 Å². The summed E-state index contributed by atoms with van der Waals surface area (Å²) in [5, 5.41) is 10.7. The van der Waals surface area contributed by atoms with Crippen LogP contribution in [-0.4, -0.2) is 18.3 Å². The Kier molecular flexibility index (Phi) is 3.60. The van der Waals surface area contributed by atoms with Gasteiger partial charge >= 0.3 is 0 Å². The molecule has 110 valence electrons. The zero-order valence-corrected chi connectivity index (χ0v) is 12.6. The van der Waals surface area contributed by atoms with Gasteiger partial charge in [-0.1, -0.05) is 18.2 Å². The van der Waals surface area contributed by atoms with Crippen LogP contribution in [0.5, 0.6) is 11.5 Å². The Hall–Kier alpha value is -2.00. The molecule has 0 aliphatic carbocycles. The molecule has 2 unspecified atom stereocenters. The Morgan fingerprint density at radius 1 is 1.19 bits per heavy atom. The Morgan fingerprint density at radius 2 is 1.95 bits per heavy atom. The predicted octanol–water partition coefficient (Wildman–Crippen LogP) is 3.35. The van der Waals surface area contributed by atoms with E-state index in [-0.39, 0.29) is 6.10 Å². The van der Waals surface area contributed by atoms with Crippen molar-refractivity contribution >= 4 is 0 Å². The minimum atomic E-state index is -0.637. The molecule has 2 aromatic carbocycles. The lowest BCUT2D eigenvalue weighted by atomic mass is 9.95. The number of aliphatic hydroxyl groups excluding tert-OH is 1. The van der Waals surface area contributed by atoms with E-state index in [0.717, 1.165) is 40.2 Å². The highest BCUT2D eigenvalue weighted by molar-refractivity contribution is 5.44. The third-order valence-corrected chi connectivity index (χ3v) is 4.13. The van der Waals surface area contributed by atoms with Gasteiger partial charge in [0, 0.05) is 6.42 Å². The first-order valence-corrected chi connectivity index (χ1v) is 7.18. The van der Waals surface area contributed by atoms with Gasteiger partial charge in [0.25, 0.3) is 0 Å². The molecule has 0 fully saturated rings. The lowest BCUT2D eigenvalue weighted by Crippen LogP contribution is -2.23. The van der Waals surface area contributed by atoms with Crippen LogP contribution in [0.4, 0.5) is 0 Å². The third-order valence-electron chi connectivity index (χ3n) is 4.13. The van der Waals surface area contributed by atoms with Gasteiger partial charge in [-0.05, 0) is 54.3 Å². The lowest BCUT2D eigenvalue weighted by Gasteiger charge is -2.21. The quantitative estimate of drug-likeness (QED) is 0.939. The van der Waals surface area contributed by atoms with Crippen LogP contribution in [0.25, 0.3) is 0 Å². The van der Waals surface area contributed by atoms with E-state index in [1.807, 2.05) is 50.2 Å². The number of fused-ring (bicyclic) bond motifs is 1. The van der Waals surface area contributed by atoms with E-state index < -0.39 is 6.10 Å². The normalized spacial score (nSPS) is 18.0. The SMILES string of the molecule is COc1cc(C)c(C(O)C2Cc3ccccc3O2)cc1C. The summed E-state index contributed by atoms with van der Waals surface area (Å²) in [5.41, 5.74) is 4.10. The van der Waals surface area contributed by atoms with Crippen LogP contribution in [-0.2, 0) is 6.42 Å². The van der Waals surface area contributed by atoms with Crippen molar-refractivity contribution in [2.24, 2.45) is 0 Å². The van der Waals surface area contributed by atoms with Gasteiger partial charge in [-0.15, -0.1) is 0 Å². The second kappa shape index (κ2) is 5.41. The lowest BCUT2D eigenvalue weighted by molar-refractivity contribution is 0.0487. The van der Waals surface area contributed by atoms with Gasteiger partial charge in [0.05, 0.1) is 7.11 Å². The fraction of sp³-hybridized carbons (Fsp3) is 0.333. The van der Waals surface area contributed by atoms with Gasteiger partial charge in [-0.25, -0.2) is 0 Å². The number of aryl methyl sites for hydroxylation is 2. The zero-order valence-electron chi connectivity index (χ0n) is 12.6. The summed E-state index contributed by atoms with van der Waals surface area (Å²) in [6.45, 7) is 3.97. The fourth-order valence-corrected chi connectivity index (χ4v) is 2.94. The zero-order chi connectivity index (χ0) is 15.0. The monoisotopic (exact) mass is 284 g/mol. The summed E-state index contributed by atoms with van der Waals surface area (Å²) in [5.74, 6) is 1.73. The van der Waals surface area contributed by atoms with Crippen LogP contribution in [0.15, 0.2) is 36.4 Å². The van der Waals surface area contributed by atoms with Crippen molar-refractivity contribution in [3.8, 4) is 11.5 Å². The number of benzene rings is 2. The molecule has 0 aromatic heterocycles. The summed E-state index contributed by atoms with van der Waals surface area (Å²) in [4.78, 5) is 0. The van der Waals surface area contributed by atoms with Crippen LogP contribution in [0.2, 0.25) is 0 Å². The average molecular weight is 284 g/mol. The van der Waals surface area contributed by atoms with Crippen LogP contribution in [0.1, 0.15) is 28.4 Å². The van der Waals surface area contributed by atoms with Gasteiger partial charge in [-0.3, -0.25) is 0 Å². The molecule has 0 bridgehead atoms.